The number of carbonyl (C=O) groups is 1. The van der Waals surface area contributed by atoms with Crippen LogP contribution >= 0.6 is 11.8 Å². The Morgan fingerprint density at radius 2 is 1.86 bits per heavy atom. The van der Waals surface area contributed by atoms with Crippen LogP contribution < -0.4 is 5.32 Å². The molecule has 2 heterocycles. The van der Waals surface area contributed by atoms with Crippen molar-refractivity contribution in [1.82, 2.24) is 9.88 Å². The predicted octanol–water partition coefficient (Wildman–Crippen LogP) is 4.69. The number of aryl methyl sites for hydroxylation is 1. The van der Waals surface area contributed by atoms with Crippen LogP contribution in [0.1, 0.15) is 16.8 Å². The number of aromatic hydroxyl groups is 1. The first-order chi connectivity index (χ1) is 13.5. The summed E-state index contributed by atoms with van der Waals surface area (Å²) in [5, 5.41) is 12.9. The van der Waals surface area contributed by atoms with E-state index in [0.717, 1.165) is 22.6 Å². The van der Waals surface area contributed by atoms with Crippen molar-refractivity contribution in [3.8, 4) is 11.4 Å². The third-order valence-electron chi connectivity index (χ3n) is 4.64. The highest BCUT2D eigenvalue weighted by atomic mass is 32.2. The average molecular weight is 389 g/mol. The summed E-state index contributed by atoms with van der Waals surface area (Å²) in [5.74, 6) is 0.0568. The Balaban J connectivity index is 1.63. The van der Waals surface area contributed by atoms with Gasteiger partial charge in [0.2, 0.25) is 0 Å². The van der Waals surface area contributed by atoms with Gasteiger partial charge in [-0.05, 0) is 85.3 Å². The summed E-state index contributed by atoms with van der Waals surface area (Å²) in [6, 6.07) is 16.7. The van der Waals surface area contributed by atoms with E-state index < -0.39 is 0 Å². The number of nitrogens with one attached hydrogen (secondary N) is 1. The minimum Gasteiger partial charge on any atom is -0.508 e. The highest BCUT2D eigenvalue weighted by molar-refractivity contribution is 8.18. The fraction of sp³-hybridized carbons (Fsp3) is 0.0909. The van der Waals surface area contributed by atoms with Crippen LogP contribution in [-0.2, 0) is 4.79 Å². The number of phenols is 1. The second-order valence-electron chi connectivity index (χ2n) is 6.52. The summed E-state index contributed by atoms with van der Waals surface area (Å²) < 4.78 is 1.96. The molecule has 2 N–H and O–H groups in total. The molecule has 4 rings (SSSR count). The number of carbonyl (C=O) groups excluding carboxylic acids is 1. The fourth-order valence-corrected chi connectivity index (χ4v) is 3.76. The molecule has 3 aromatic rings. The molecular formula is C22H19N3O2S. The standard InChI is InChI=1S/C22H19N3O2S/c1-14-5-3-7-19(15(14)2)23-22-24-21(27)20(28-22)13-17-6-4-12-25(17)16-8-10-18(26)11-9-16/h3-13,26H,1-2H3,(H,23,24,27)/b20-13-. The largest absolute Gasteiger partial charge is 0.508 e. The number of aliphatic imine (C=N–C) groups is 1. The molecule has 2 aromatic carbocycles. The van der Waals surface area contributed by atoms with Crippen LogP contribution in [0, 0.1) is 13.8 Å². The van der Waals surface area contributed by atoms with Crippen LogP contribution in [0.5, 0.6) is 5.75 Å². The van der Waals surface area contributed by atoms with Gasteiger partial charge in [-0.1, -0.05) is 12.1 Å². The molecule has 1 aromatic heterocycles. The maximum atomic E-state index is 12.4. The van der Waals surface area contributed by atoms with E-state index in [1.807, 2.05) is 73.2 Å². The first-order valence-electron chi connectivity index (χ1n) is 8.84. The van der Waals surface area contributed by atoms with Crippen molar-refractivity contribution in [3.05, 3.63) is 82.5 Å². The summed E-state index contributed by atoms with van der Waals surface area (Å²) in [7, 11) is 0. The Bertz CT molecular complexity index is 1110. The summed E-state index contributed by atoms with van der Waals surface area (Å²) >= 11 is 1.33. The molecule has 0 spiro atoms. The number of rotatable bonds is 3. The molecule has 6 heteroatoms. The van der Waals surface area contributed by atoms with Crippen molar-refractivity contribution < 1.29 is 9.90 Å². The van der Waals surface area contributed by atoms with Gasteiger partial charge in [0.1, 0.15) is 5.75 Å². The smallest absolute Gasteiger partial charge is 0.264 e. The Kier molecular flexibility index (Phi) is 4.79. The Morgan fingerprint density at radius 3 is 2.64 bits per heavy atom. The summed E-state index contributed by atoms with van der Waals surface area (Å²) in [6.07, 6.45) is 3.76. The van der Waals surface area contributed by atoms with Crippen molar-refractivity contribution in [2.45, 2.75) is 13.8 Å². The molecule has 1 saturated heterocycles. The van der Waals surface area contributed by atoms with Crippen LogP contribution in [-0.4, -0.2) is 20.7 Å². The molecule has 1 aliphatic heterocycles. The third kappa shape index (κ3) is 3.59. The van der Waals surface area contributed by atoms with Gasteiger partial charge in [-0.3, -0.25) is 4.79 Å². The number of aromatic nitrogens is 1. The zero-order valence-electron chi connectivity index (χ0n) is 15.5. The first-order valence-corrected chi connectivity index (χ1v) is 9.65. The van der Waals surface area contributed by atoms with Crippen molar-refractivity contribution in [1.29, 1.82) is 0 Å². The lowest BCUT2D eigenvalue weighted by atomic mass is 10.1. The number of amides is 1. The van der Waals surface area contributed by atoms with Gasteiger partial charge < -0.3 is 15.0 Å². The Labute approximate surface area is 167 Å². The van der Waals surface area contributed by atoms with E-state index in [4.69, 9.17) is 0 Å². The van der Waals surface area contributed by atoms with Gasteiger partial charge >= 0.3 is 0 Å². The highest BCUT2D eigenvalue weighted by Gasteiger charge is 2.24. The van der Waals surface area contributed by atoms with Crippen LogP contribution in [0.2, 0.25) is 0 Å². The van der Waals surface area contributed by atoms with E-state index in [0.29, 0.717) is 10.1 Å². The van der Waals surface area contributed by atoms with Crippen LogP contribution in [0.4, 0.5) is 5.69 Å². The average Bonchev–Trinajstić information content (AvgIpc) is 3.27. The number of amidine groups is 1. The quantitative estimate of drug-likeness (QED) is 0.639. The topological polar surface area (TPSA) is 66.6 Å². The van der Waals surface area contributed by atoms with Crippen molar-refractivity contribution in [3.63, 3.8) is 0 Å². The molecule has 1 fully saturated rings. The van der Waals surface area contributed by atoms with Gasteiger partial charge in [0.15, 0.2) is 5.17 Å². The van der Waals surface area contributed by atoms with Crippen molar-refractivity contribution >= 4 is 34.6 Å². The summed E-state index contributed by atoms with van der Waals surface area (Å²) in [5.41, 5.74) is 4.90. The van der Waals surface area contributed by atoms with Gasteiger partial charge in [0.25, 0.3) is 5.91 Å². The van der Waals surface area contributed by atoms with Gasteiger partial charge in [0.05, 0.1) is 10.6 Å². The normalized spacial score (nSPS) is 16.7. The zero-order chi connectivity index (χ0) is 19.7. The molecule has 1 amide bonds. The third-order valence-corrected chi connectivity index (χ3v) is 5.55. The van der Waals surface area contributed by atoms with Crippen molar-refractivity contribution in [2.75, 3.05) is 0 Å². The van der Waals surface area contributed by atoms with Gasteiger partial charge in [0, 0.05) is 17.6 Å². The Morgan fingerprint density at radius 1 is 1.07 bits per heavy atom. The lowest BCUT2D eigenvalue weighted by Gasteiger charge is -2.07. The van der Waals surface area contributed by atoms with Gasteiger partial charge in [-0.15, -0.1) is 0 Å². The second kappa shape index (κ2) is 7.40. The van der Waals surface area contributed by atoms with E-state index >= 15 is 0 Å². The van der Waals surface area contributed by atoms with E-state index in [1.54, 1.807) is 12.1 Å². The number of nitrogens with zero attached hydrogens (tertiary/aromatic N) is 2. The molecule has 0 atom stereocenters. The van der Waals surface area contributed by atoms with Crippen LogP contribution in [0.25, 0.3) is 11.8 Å². The molecular weight excluding hydrogens is 370 g/mol. The monoisotopic (exact) mass is 389 g/mol. The summed E-state index contributed by atoms with van der Waals surface area (Å²) in [4.78, 5) is 17.6. The number of phenolic OH excluding ortho intramolecular Hbond substituents is 1. The van der Waals surface area contributed by atoms with Gasteiger partial charge in [-0.25, -0.2) is 4.99 Å². The number of thioether (sulfide) groups is 1. The molecule has 0 aliphatic carbocycles. The molecule has 28 heavy (non-hydrogen) atoms. The maximum Gasteiger partial charge on any atom is 0.264 e. The van der Waals surface area contributed by atoms with E-state index in [-0.39, 0.29) is 11.7 Å². The van der Waals surface area contributed by atoms with E-state index in [1.165, 1.54) is 17.3 Å². The SMILES string of the molecule is Cc1cccc(N=C2NC(=O)/C(=C/c3cccn3-c3ccc(O)cc3)S2)c1C. The lowest BCUT2D eigenvalue weighted by Crippen LogP contribution is -2.19. The zero-order valence-corrected chi connectivity index (χ0v) is 16.3. The van der Waals surface area contributed by atoms with Crippen molar-refractivity contribution in [2.24, 2.45) is 4.99 Å². The second-order valence-corrected chi connectivity index (χ2v) is 7.55. The molecule has 0 radical (unpaired) electrons. The Hall–Kier alpha value is -3.25. The van der Waals surface area contributed by atoms with Gasteiger partial charge in [-0.2, -0.15) is 0 Å². The molecule has 1 aliphatic rings. The first kappa shape index (κ1) is 18.1. The van der Waals surface area contributed by atoms with Crippen LogP contribution in [0.15, 0.2) is 70.7 Å². The predicted molar refractivity (Wildman–Crippen MR) is 114 cm³/mol. The number of hydrogen-bond acceptors (Lipinski definition) is 4. The maximum absolute atomic E-state index is 12.4. The highest BCUT2D eigenvalue weighted by Crippen LogP contribution is 2.30. The minimum atomic E-state index is -0.160. The molecule has 0 bridgehead atoms. The fourth-order valence-electron chi connectivity index (χ4n) is 2.94. The molecule has 5 nitrogen and oxygen atoms in total. The number of hydrogen-bond donors (Lipinski definition) is 2. The van der Waals surface area contributed by atoms with Crippen LogP contribution in [0.3, 0.4) is 0 Å². The molecule has 0 saturated carbocycles. The van der Waals surface area contributed by atoms with E-state index in [9.17, 15) is 9.90 Å². The summed E-state index contributed by atoms with van der Waals surface area (Å²) in [6.45, 7) is 4.07. The van der Waals surface area contributed by atoms with E-state index in [2.05, 4.69) is 10.3 Å². The minimum absolute atomic E-state index is 0.160. The lowest BCUT2D eigenvalue weighted by molar-refractivity contribution is -0.115. The molecule has 0 unspecified atom stereocenters. The number of benzene rings is 2. The molecule has 140 valence electrons.